The van der Waals surface area contributed by atoms with Crippen LogP contribution in [0.5, 0.6) is 5.75 Å². The van der Waals surface area contributed by atoms with Gasteiger partial charge in [0.1, 0.15) is 22.7 Å². The molecular formula is C24H25NO9. The molecular weight excluding hydrogens is 446 g/mol. The molecule has 0 atom stereocenters. The maximum Gasteiger partial charge on any atom is 0.375 e. The number of carbonyl (C=O) groups is 4. The van der Waals surface area contributed by atoms with E-state index < -0.39 is 30.2 Å². The van der Waals surface area contributed by atoms with Gasteiger partial charge in [0, 0.05) is 10.9 Å². The van der Waals surface area contributed by atoms with Crippen molar-refractivity contribution in [3.8, 4) is 5.75 Å². The number of benzene rings is 1. The highest BCUT2D eigenvalue weighted by Gasteiger charge is 2.29. The van der Waals surface area contributed by atoms with E-state index in [2.05, 4.69) is 5.32 Å². The Labute approximate surface area is 195 Å². The van der Waals surface area contributed by atoms with Crippen LogP contribution in [0.2, 0.25) is 0 Å². The van der Waals surface area contributed by atoms with Gasteiger partial charge in [-0.15, -0.1) is 0 Å². The van der Waals surface area contributed by atoms with Crippen LogP contribution in [0.15, 0.2) is 27.0 Å². The van der Waals surface area contributed by atoms with E-state index in [1.807, 2.05) is 6.92 Å². The summed E-state index contributed by atoms with van der Waals surface area (Å²) in [4.78, 5) is 49.2. The van der Waals surface area contributed by atoms with E-state index in [4.69, 9.17) is 23.0 Å². The number of anilines is 1. The molecule has 34 heavy (non-hydrogen) atoms. The summed E-state index contributed by atoms with van der Waals surface area (Å²) < 4.78 is 26.5. The predicted octanol–water partition coefficient (Wildman–Crippen LogP) is 4.22. The number of amides is 1. The highest BCUT2D eigenvalue weighted by Crippen LogP contribution is 2.30. The first-order valence-corrected chi connectivity index (χ1v) is 10.6. The normalized spacial score (nSPS) is 10.7. The molecule has 1 aromatic carbocycles. The lowest BCUT2D eigenvalue weighted by Crippen LogP contribution is -2.22. The predicted molar refractivity (Wildman–Crippen MR) is 120 cm³/mol. The van der Waals surface area contributed by atoms with Crippen LogP contribution in [0.4, 0.5) is 5.88 Å². The fourth-order valence-corrected chi connectivity index (χ4v) is 3.47. The van der Waals surface area contributed by atoms with Crippen LogP contribution in [0, 0.1) is 13.8 Å². The third-order valence-corrected chi connectivity index (χ3v) is 4.91. The van der Waals surface area contributed by atoms with Crippen LogP contribution in [0.25, 0.3) is 11.0 Å². The SMILES string of the molecule is CCOC(=O)c1c(NC(=O)COC(=O)c2oc3ccc(OCC)cc3c2C)oc(C)c1C(C)=O. The van der Waals surface area contributed by atoms with Crippen LogP contribution >= 0.6 is 0 Å². The molecule has 1 N–H and O–H groups in total. The summed E-state index contributed by atoms with van der Waals surface area (Å²) >= 11 is 0. The van der Waals surface area contributed by atoms with Gasteiger partial charge in [-0.25, -0.2) is 9.59 Å². The van der Waals surface area contributed by atoms with Crippen LogP contribution in [-0.2, 0) is 14.3 Å². The second kappa shape index (κ2) is 10.2. The zero-order chi connectivity index (χ0) is 25.0. The van der Waals surface area contributed by atoms with Crippen molar-refractivity contribution in [3.63, 3.8) is 0 Å². The van der Waals surface area contributed by atoms with Crippen molar-refractivity contribution < 1.29 is 42.2 Å². The first kappa shape index (κ1) is 24.6. The van der Waals surface area contributed by atoms with Crippen LogP contribution < -0.4 is 10.1 Å². The van der Waals surface area contributed by atoms with E-state index in [9.17, 15) is 19.2 Å². The first-order chi connectivity index (χ1) is 16.2. The Morgan fingerprint density at radius 2 is 1.68 bits per heavy atom. The molecule has 0 bridgehead atoms. The minimum absolute atomic E-state index is 0.00932. The average Bonchev–Trinajstić information content (AvgIpc) is 3.29. The molecule has 3 rings (SSSR count). The molecule has 3 aromatic rings. The second-order valence-electron chi connectivity index (χ2n) is 7.29. The molecule has 0 aliphatic carbocycles. The molecule has 0 radical (unpaired) electrons. The number of carbonyl (C=O) groups excluding carboxylic acids is 4. The smallest absolute Gasteiger partial charge is 0.375 e. The monoisotopic (exact) mass is 471 g/mol. The Bertz CT molecular complexity index is 1270. The number of ether oxygens (including phenoxy) is 3. The maximum absolute atomic E-state index is 12.5. The molecule has 2 heterocycles. The topological polar surface area (TPSA) is 134 Å². The van der Waals surface area contributed by atoms with Gasteiger partial charge in [0.15, 0.2) is 12.4 Å². The highest BCUT2D eigenvalue weighted by molar-refractivity contribution is 6.11. The van der Waals surface area contributed by atoms with Crippen LogP contribution in [0.1, 0.15) is 63.4 Å². The number of hydrogen-bond donors (Lipinski definition) is 1. The molecule has 0 unspecified atom stereocenters. The lowest BCUT2D eigenvalue weighted by molar-refractivity contribution is -0.119. The number of rotatable bonds is 9. The number of hydrogen-bond acceptors (Lipinski definition) is 9. The molecule has 0 saturated carbocycles. The number of aryl methyl sites for hydroxylation is 2. The van der Waals surface area contributed by atoms with Gasteiger partial charge in [-0.05, 0) is 52.8 Å². The van der Waals surface area contributed by atoms with Crippen molar-refractivity contribution in [2.45, 2.75) is 34.6 Å². The minimum atomic E-state index is -0.840. The van der Waals surface area contributed by atoms with Crippen molar-refractivity contribution in [2.75, 3.05) is 25.1 Å². The number of nitrogens with one attached hydrogen (secondary N) is 1. The van der Waals surface area contributed by atoms with Crippen molar-refractivity contribution in [2.24, 2.45) is 0 Å². The van der Waals surface area contributed by atoms with E-state index in [0.29, 0.717) is 28.9 Å². The van der Waals surface area contributed by atoms with Gasteiger partial charge in [-0.3, -0.25) is 14.9 Å². The Balaban J connectivity index is 1.74. The Morgan fingerprint density at radius 1 is 0.941 bits per heavy atom. The van der Waals surface area contributed by atoms with Gasteiger partial charge >= 0.3 is 11.9 Å². The molecule has 10 heteroatoms. The van der Waals surface area contributed by atoms with Gasteiger partial charge < -0.3 is 23.0 Å². The summed E-state index contributed by atoms with van der Waals surface area (Å²) in [5, 5.41) is 3.04. The molecule has 0 aliphatic rings. The largest absolute Gasteiger partial charge is 0.494 e. The van der Waals surface area contributed by atoms with E-state index in [1.165, 1.54) is 13.8 Å². The van der Waals surface area contributed by atoms with E-state index in [1.54, 1.807) is 32.0 Å². The fraction of sp³-hybridized carbons (Fsp3) is 0.333. The molecule has 0 saturated heterocycles. The summed E-state index contributed by atoms with van der Waals surface area (Å²) in [6, 6.07) is 5.16. The third kappa shape index (κ3) is 4.95. The van der Waals surface area contributed by atoms with Gasteiger partial charge in [-0.2, -0.15) is 0 Å². The number of esters is 2. The van der Waals surface area contributed by atoms with Gasteiger partial charge in [0.25, 0.3) is 5.91 Å². The molecule has 0 fully saturated rings. The quantitative estimate of drug-likeness (QED) is 0.359. The Kier molecular flexibility index (Phi) is 7.40. The summed E-state index contributed by atoms with van der Waals surface area (Å²) in [7, 11) is 0. The Hall–Kier alpha value is -4.08. The molecule has 180 valence electrons. The zero-order valence-corrected chi connectivity index (χ0v) is 19.5. The van der Waals surface area contributed by atoms with E-state index >= 15 is 0 Å². The summed E-state index contributed by atoms with van der Waals surface area (Å²) in [6.45, 7) is 7.78. The lowest BCUT2D eigenvalue weighted by Gasteiger charge is -2.06. The molecule has 0 aliphatic heterocycles. The summed E-state index contributed by atoms with van der Waals surface area (Å²) in [5.74, 6) is -2.39. The molecule has 0 spiro atoms. The maximum atomic E-state index is 12.5. The first-order valence-electron chi connectivity index (χ1n) is 10.6. The van der Waals surface area contributed by atoms with Gasteiger partial charge in [0.2, 0.25) is 11.6 Å². The third-order valence-electron chi connectivity index (χ3n) is 4.91. The van der Waals surface area contributed by atoms with E-state index in [0.717, 1.165) is 0 Å². The summed E-state index contributed by atoms with van der Waals surface area (Å²) in [6.07, 6.45) is 0. The summed E-state index contributed by atoms with van der Waals surface area (Å²) in [5.41, 5.74) is 0.832. The van der Waals surface area contributed by atoms with Crippen molar-refractivity contribution in [1.82, 2.24) is 0 Å². The van der Waals surface area contributed by atoms with Crippen molar-refractivity contribution in [1.29, 1.82) is 0 Å². The van der Waals surface area contributed by atoms with Crippen molar-refractivity contribution in [3.05, 3.63) is 46.4 Å². The van der Waals surface area contributed by atoms with Crippen molar-refractivity contribution >= 4 is 40.5 Å². The van der Waals surface area contributed by atoms with Gasteiger partial charge in [-0.1, -0.05) is 0 Å². The Morgan fingerprint density at radius 3 is 2.32 bits per heavy atom. The minimum Gasteiger partial charge on any atom is -0.494 e. The molecule has 10 nitrogen and oxygen atoms in total. The number of ketones is 1. The zero-order valence-electron chi connectivity index (χ0n) is 19.5. The van der Waals surface area contributed by atoms with E-state index in [-0.39, 0.29) is 35.1 Å². The number of fused-ring (bicyclic) bond motifs is 1. The highest BCUT2D eigenvalue weighted by atomic mass is 16.6. The second-order valence-corrected chi connectivity index (χ2v) is 7.29. The van der Waals surface area contributed by atoms with Crippen LogP contribution in [-0.4, -0.2) is 43.4 Å². The molecule has 1 amide bonds. The average molecular weight is 471 g/mol. The van der Waals surface area contributed by atoms with Gasteiger partial charge in [0.05, 0.1) is 18.8 Å². The fourth-order valence-electron chi connectivity index (χ4n) is 3.47. The molecule has 2 aromatic heterocycles. The number of furan rings is 2. The lowest BCUT2D eigenvalue weighted by atomic mass is 10.1. The number of Topliss-reactive ketones (excluding diaryl/α,β-unsaturated/α-hetero) is 1. The van der Waals surface area contributed by atoms with Crippen LogP contribution in [0.3, 0.4) is 0 Å². The standard InChI is InChI=1S/C24H25NO9/c1-6-30-15-8-9-17-16(10-15)12(3)21(34-17)24(29)32-11-18(27)25-22-20(23(28)31-7-2)19(13(4)26)14(5)33-22/h8-10H,6-7,11H2,1-5H3,(H,25,27).